The standard InChI is InChI=1S/C19H25ClFN5/c1-3-23-16-10-13(14(20)11-15(16)21)17-7-5-4-6-8-26(17)18-9-12(2)24-19(22)25-18/h9-11,17,23H,3-8H2,1-2H3,(H2,22,24,25). The number of nitrogens with zero attached hydrogens (tertiary/aromatic N) is 3. The van der Waals surface area contributed by atoms with Crippen molar-refractivity contribution in [2.75, 3.05) is 29.0 Å². The normalized spacial score (nSPS) is 17.8. The Labute approximate surface area is 158 Å². The summed E-state index contributed by atoms with van der Waals surface area (Å²) in [6.07, 6.45) is 4.23. The third kappa shape index (κ3) is 4.01. The number of aromatic nitrogens is 2. The lowest BCUT2D eigenvalue weighted by atomic mass is 9.99. The Kier molecular flexibility index (Phi) is 5.81. The predicted molar refractivity (Wildman–Crippen MR) is 105 cm³/mol. The van der Waals surface area contributed by atoms with Crippen molar-refractivity contribution in [2.45, 2.75) is 45.6 Å². The first-order valence-electron chi connectivity index (χ1n) is 9.10. The van der Waals surface area contributed by atoms with Crippen LogP contribution in [-0.4, -0.2) is 23.1 Å². The number of nitrogens with one attached hydrogen (secondary N) is 1. The molecule has 1 atom stereocenters. The van der Waals surface area contributed by atoms with Crippen LogP contribution in [0.4, 0.5) is 21.8 Å². The molecule has 2 aromatic rings. The average Bonchev–Trinajstić information content (AvgIpc) is 2.82. The smallest absolute Gasteiger partial charge is 0.222 e. The molecule has 3 rings (SSSR count). The van der Waals surface area contributed by atoms with E-state index in [1.165, 1.54) is 6.07 Å². The lowest BCUT2D eigenvalue weighted by Gasteiger charge is -2.32. The van der Waals surface area contributed by atoms with Gasteiger partial charge in [-0.25, -0.2) is 9.37 Å². The second kappa shape index (κ2) is 8.08. The highest BCUT2D eigenvalue weighted by Gasteiger charge is 2.27. The zero-order chi connectivity index (χ0) is 18.7. The van der Waals surface area contributed by atoms with E-state index in [1.807, 2.05) is 26.0 Å². The van der Waals surface area contributed by atoms with Crippen molar-refractivity contribution in [3.63, 3.8) is 0 Å². The van der Waals surface area contributed by atoms with Crippen LogP contribution in [0, 0.1) is 12.7 Å². The van der Waals surface area contributed by atoms with Crippen LogP contribution in [0.25, 0.3) is 0 Å². The van der Waals surface area contributed by atoms with Crippen LogP contribution in [0.15, 0.2) is 18.2 Å². The molecule has 26 heavy (non-hydrogen) atoms. The van der Waals surface area contributed by atoms with Gasteiger partial charge >= 0.3 is 0 Å². The van der Waals surface area contributed by atoms with E-state index in [2.05, 4.69) is 20.2 Å². The maximum absolute atomic E-state index is 14.2. The Hall–Kier alpha value is -2.08. The van der Waals surface area contributed by atoms with Crippen molar-refractivity contribution in [1.29, 1.82) is 0 Å². The lowest BCUT2D eigenvalue weighted by molar-refractivity contribution is 0.591. The van der Waals surface area contributed by atoms with Crippen LogP contribution >= 0.6 is 11.6 Å². The lowest BCUT2D eigenvalue weighted by Crippen LogP contribution is -2.30. The van der Waals surface area contributed by atoms with E-state index >= 15 is 0 Å². The number of rotatable bonds is 4. The molecule has 0 aliphatic carbocycles. The molecule has 1 aromatic carbocycles. The third-order valence-electron chi connectivity index (χ3n) is 4.72. The van der Waals surface area contributed by atoms with Gasteiger partial charge in [0.1, 0.15) is 11.6 Å². The van der Waals surface area contributed by atoms with Crippen molar-refractivity contribution in [1.82, 2.24) is 9.97 Å². The highest BCUT2D eigenvalue weighted by atomic mass is 35.5. The van der Waals surface area contributed by atoms with Crippen LogP contribution in [0.5, 0.6) is 0 Å². The summed E-state index contributed by atoms with van der Waals surface area (Å²) in [5.41, 5.74) is 8.09. The number of aryl methyl sites for hydroxylation is 1. The number of halogens is 2. The molecule has 0 amide bonds. The fourth-order valence-corrected chi connectivity index (χ4v) is 3.85. The summed E-state index contributed by atoms with van der Waals surface area (Å²) in [6.45, 7) is 5.35. The minimum atomic E-state index is -0.331. The van der Waals surface area contributed by atoms with Gasteiger partial charge in [0.05, 0.1) is 11.7 Å². The molecule has 1 saturated heterocycles. The first-order chi connectivity index (χ1) is 12.5. The second-order valence-corrected chi connectivity index (χ2v) is 7.08. The van der Waals surface area contributed by atoms with Gasteiger partial charge in [-0.15, -0.1) is 0 Å². The van der Waals surface area contributed by atoms with Gasteiger partial charge in [0.2, 0.25) is 5.95 Å². The maximum Gasteiger partial charge on any atom is 0.222 e. The molecular weight excluding hydrogens is 353 g/mol. The zero-order valence-corrected chi connectivity index (χ0v) is 16.0. The number of hydrogen-bond donors (Lipinski definition) is 2. The van der Waals surface area contributed by atoms with E-state index in [4.69, 9.17) is 17.3 Å². The van der Waals surface area contributed by atoms with Crippen LogP contribution in [-0.2, 0) is 0 Å². The van der Waals surface area contributed by atoms with E-state index < -0.39 is 0 Å². The Bertz CT molecular complexity index is 763. The summed E-state index contributed by atoms with van der Waals surface area (Å²) in [5.74, 6) is 0.733. The molecule has 1 aromatic heterocycles. The second-order valence-electron chi connectivity index (χ2n) is 6.67. The van der Waals surface area contributed by atoms with Gasteiger partial charge in [-0.2, -0.15) is 4.98 Å². The summed E-state index contributed by atoms with van der Waals surface area (Å²) in [6, 6.07) is 5.20. The Morgan fingerprint density at radius 1 is 1.27 bits per heavy atom. The molecule has 1 unspecified atom stereocenters. The molecule has 1 fully saturated rings. The number of nitrogens with two attached hydrogens (primary N) is 1. The van der Waals surface area contributed by atoms with Crippen molar-refractivity contribution in [3.8, 4) is 0 Å². The van der Waals surface area contributed by atoms with Crippen molar-refractivity contribution in [2.24, 2.45) is 0 Å². The molecule has 0 bridgehead atoms. The Morgan fingerprint density at radius 3 is 2.81 bits per heavy atom. The van der Waals surface area contributed by atoms with Crippen LogP contribution < -0.4 is 16.0 Å². The molecule has 1 aliphatic heterocycles. The van der Waals surface area contributed by atoms with Crippen molar-refractivity contribution < 1.29 is 4.39 Å². The summed E-state index contributed by atoms with van der Waals surface area (Å²) in [7, 11) is 0. The van der Waals surface area contributed by atoms with E-state index in [9.17, 15) is 4.39 Å². The summed E-state index contributed by atoms with van der Waals surface area (Å²) >= 11 is 6.45. The van der Waals surface area contributed by atoms with Crippen LogP contribution in [0.2, 0.25) is 5.02 Å². The van der Waals surface area contributed by atoms with Gasteiger partial charge in [-0.3, -0.25) is 0 Å². The van der Waals surface area contributed by atoms with Crippen LogP contribution in [0.1, 0.15) is 49.9 Å². The fraction of sp³-hybridized carbons (Fsp3) is 0.474. The molecule has 2 heterocycles. The van der Waals surface area contributed by atoms with Gasteiger partial charge in [0, 0.05) is 29.9 Å². The number of hydrogen-bond acceptors (Lipinski definition) is 5. The monoisotopic (exact) mass is 377 g/mol. The quantitative estimate of drug-likeness (QED) is 0.807. The van der Waals surface area contributed by atoms with Crippen molar-refractivity contribution in [3.05, 3.63) is 40.3 Å². The number of nitrogen functional groups attached to an aromatic ring is 1. The van der Waals surface area contributed by atoms with Crippen molar-refractivity contribution >= 4 is 29.1 Å². The SMILES string of the molecule is CCNc1cc(C2CCCCCN2c2cc(C)nc(N)n2)c(Cl)cc1F. The minimum absolute atomic E-state index is 0.0247. The fourth-order valence-electron chi connectivity index (χ4n) is 3.57. The Balaban J connectivity index is 2.06. The van der Waals surface area contributed by atoms with E-state index in [0.717, 1.165) is 49.3 Å². The molecule has 0 saturated carbocycles. The van der Waals surface area contributed by atoms with Gasteiger partial charge in [-0.05, 0) is 44.4 Å². The zero-order valence-electron chi connectivity index (χ0n) is 15.2. The topological polar surface area (TPSA) is 67.1 Å². The predicted octanol–water partition coefficient (Wildman–Crippen LogP) is 4.71. The molecule has 0 radical (unpaired) electrons. The molecule has 3 N–H and O–H groups in total. The largest absolute Gasteiger partial charge is 0.383 e. The van der Waals surface area contributed by atoms with Gasteiger partial charge in [-0.1, -0.05) is 24.4 Å². The highest BCUT2D eigenvalue weighted by Crippen LogP contribution is 2.38. The van der Waals surface area contributed by atoms with Crippen LogP contribution in [0.3, 0.4) is 0 Å². The molecule has 0 spiro atoms. The molecule has 7 heteroatoms. The van der Waals surface area contributed by atoms with E-state index in [0.29, 0.717) is 17.3 Å². The molecule has 1 aliphatic rings. The van der Waals surface area contributed by atoms with Gasteiger partial charge < -0.3 is 16.0 Å². The highest BCUT2D eigenvalue weighted by molar-refractivity contribution is 6.31. The molecule has 140 valence electrons. The summed E-state index contributed by atoms with van der Waals surface area (Å²) in [5, 5.41) is 3.52. The molecular formula is C19H25ClFN5. The maximum atomic E-state index is 14.2. The van der Waals surface area contributed by atoms with E-state index in [1.54, 1.807) is 0 Å². The molecule has 5 nitrogen and oxygen atoms in total. The third-order valence-corrected chi connectivity index (χ3v) is 5.04. The minimum Gasteiger partial charge on any atom is -0.383 e. The average molecular weight is 378 g/mol. The number of benzene rings is 1. The Morgan fingerprint density at radius 2 is 2.08 bits per heavy atom. The first-order valence-corrected chi connectivity index (χ1v) is 9.48. The van der Waals surface area contributed by atoms with Gasteiger partial charge in [0.15, 0.2) is 0 Å². The van der Waals surface area contributed by atoms with E-state index in [-0.39, 0.29) is 17.8 Å². The summed E-state index contributed by atoms with van der Waals surface area (Å²) in [4.78, 5) is 10.8. The number of anilines is 3. The van der Waals surface area contributed by atoms with Gasteiger partial charge in [0.25, 0.3) is 0 Å². The summed E-state index contributed by atoms with van der Waals surface area (Å²) < 4.78 is 14.2. The first kappa shape index (κ1) is 18.7.